The molecule has 1 aromatic heterocycles. The molecule has 0 unspecified atom stereocenters. The fraction of sp³-hybridized carbons (Fsp3) is 0.0714. The van der Waals surface area contributed by atoms with E-state index in [2.05, 4.69) is 10.1 Å². The molecule has 1 aliphatic heterocycles. The van der Waals surface area contributed by atoms with Gasteiger partial charge in [-0.15, -0.1) is 0 Å². The number of aromatic nitrogens is 1. The molecule has 3 rings (SSSR count). The Morgan fingerprint density at radius 1 is 1.29 bits per heavy atom. The molecule has 6 nitrogen and oxygen atoms in total. The minimum Gasteiger partial charge on any atom is -0.442 e. The number of halogens is 1. The fourth-order valence-corrected chi connectivity index (χ4v) is 1.99. The van der Waals surface area contributed by atoms with Gasteiger partial charge >= 0.3 is 6.09 Å². The molecule has 0 saturated carbocycles. The zero-order valence-electron chi connectivity index (χ0n) is 10.9. The van der Waals surface area contributed by atoms with Gasteiger partial charge < -0.3 is 10.5 Å². The lowest BCUT2D eigenvalue weighted by molar-refractivity contribution is 0.167. The van der Waals surface area contributed by atoms with Crippen molar-refractivity contribution in [3.05, 3.63) is 42.3 Å². The maximum atomic E-state index is 14.3. The number of hydrogen-bond donors (Lipinski definition) is 1. The summed E-state index contributed by atoms with van der Waals surface area (Å²) in [5.74, 6) is -0.188. The zero-order chi connectivity index (χ0) is 14.8. The predicted molar refractivity (Wildman–Crippen MR) is 76.4 cm³/mol. The number of nitrogen functional groups attached to an aromatic ring is 1. The molecule has 1 amide bonds. The van der Waals surface area contributed by atoms with Gasteiger partial charge in [0.15, 0.2) is 0 Å². The van der Waals surface area contributed by atoms with E-state index in [1.807, 2.05) is 0 Å². The third-order valence-corrected chi connectivity index (χ3v) is 2.94. The van der Waals surface area contributed by atoms with Gasteiger partial charge in [-0.3, -0.25) is 0 Å². The first-order valence-electron chi connectivity index (χ1n) is 6.16. The van der Waals surface area contributed by atoms with Gasteiger partial charge in [-0.05, 0) is 29.8 Å². The number of benzene rings is 1. The van der Waals surface area contributed by atoms with E-state index in [1.54, 1.807) is 24.3 Å². The molecule has 21 heavy (non-hydrogen) atoms. The van der Waals surface area contributed by atoms with Crippen molar-refractivity contribution in [1.29, 1.82) is 0 Å². The number of anilines is 2. The minimum atomic E-state index is -0.641. The maximum absolute atomic E-state index is 14.3. The smallest absolute Gasteiger partial charge is 0.435 e. The molecular weight excluding hydrogens is 275 g/mol. The summed E-state index contributed by atoms with van der Waals surface area (Å²) in [7, 11) is 0. The second-order valence-corrected chi connectivity index (χ2v) is 4.32. The van der Waals surface area contributed by atoms with Crippen LogP contribution in [0, 0.1) is 5.82 Å². The highest BCUT2D eigenvalue weighted by molar-refractivity contribution is 5.91. The van der Waals surface area contributed by atoms with Crippen LogP contribution in [0.2, 0.25) is 0 Å². The van der Waals surface area contributed by atoms with E-state index in [4.69, 9.17) is 10.5 Å². The third kappa shape index (κ3) is 2.53. The molecule has 0 saturated heterocycles. The highest BCUT2D eigenvalue weighted by Crippen LogP contribution is 2.28. The number of nitrogens with two attached hydrogens (primary N) is 1. The van der Waals surface area contributed by atoms with Crippen molar-refractivity contribution in [3.8, 4) is 11.1 Å². The average molecular weight is 286 g/mol. The standard InChI is InChI=1S/C14H11FN4O2/c15-12-8-10(19-14(20)21-6-5-18-19)1-2-11(12)9-3-4-17-13(16)7-9/h1-5,7-8H,6H2,(H2,16,17). The molecule has 2 N–H and O–H groups in total. The Labute approximate surface area is 119 Å². The van der Waals surface area contributed by atoms with Crippen molar-refractivity contribution in [2.75, 3.05) is 17.3 Å². The normalized spacial score (nSPS) is 14.1. The summed E-state index contributed by atoms with van der Waals surface area (Å²) in [6.07, 6.45) is 2.29. The Morgan fingerprint density at radius 3 is 2.86 bits per heavy atom. The van der Waals surface area contributed by atoms with E-state index in [9.17, 15) is 9.18 Å². The molecule has 1 aliphatic rings. The largest absolute Gasteiger partial charge is 0.442 e. The average Bonchev–Trinajstić information content (AvgIpc) is 2.47. The number of hydrogen-bond acceptors (Lipinski definition) is 5. The number of ether oxygens (including phenoxy) is 1. The van der Waals surface area contributed by atoms with Gasteiger partial charge in [0.25, 0.3) is 0 Å². The van der Waals surface area contributed by atoms with Crippen LogP contribution in [-0.4, -0.2) is 23.9 Å². The van der Waals surface area contributed by atoms with Crippen LogP contribution in [0.15, 0.2) is 41.6 Å². The Kier molecular flexibility index (Phi) is 3.23. The van der Waals surface area contributed by atoms with Crippen LogP contribution in [0.1, 0.15) is 0 Å². The summed E-state index contributed by atoms with van der Waals surface area (Å²) >= 11 is 0. The Balaban J connectivity index is 1.98. The molecule has 0 fully saturated rings. The second-order valence-electron chi connectivity index (χ2n) is 4.32. The highest BCUT2D eigenvalue weighted by atomic mass is 19.1. The SMILES string of the molecule is Nc1cc(-c2ccc(N3N=CCOC3=O)cc2F)ccn1. The lowest BCUT2D eigenvalue weighted by atomic mass is 10.1. The second kappa shape index (κ2) is 5.20. The van der Waals surface area contributed by atoms with Crippen molar-refractivity contribution in [2.24, 2.45) is 5.10 Å². The van der Waals surface area contributed by atoms with Crippen molar-refractivity contribution < 1.29 is 13.9 Å². The summed E-state index contributed by atoms with van der Waals surface area (Å²) in [4.78, 5) is 15.4. The van der Waals surface area contributed by atoms with Crippen molar-refractivity contribution >= 4 is 23.8 Å². The monoisotopic (exact) mass is 286 g/mol. The van der Waals surface area contributed by atoms with Crippen LogP contribution in [0.25, 0.3) is 11.1 Å². The number of rotatable bonds is 2. The molecule has 106 valence electrons. The topological polar surface area (TPSA) is 80.8 Å². The summed E-state index contributed by atoms with van der Waals surface area (Å²) in [5, 5.41) is 4.87. The number of cyclic esters (lactones) is 1. The first kappa shape index (κ1) is 13.0. The Hall–Kier alpha value is -2.96. The molecule has 0 radical (unpaired) electrons. The van der Waals surface area contributed by atoms with E-state index in [-0.39, 0.29) is 6.61 Å². The summed E-state index contributed by atoms with van der Waals surface area (Å²) in [6.45, 7) is 0.117. The van der Waals surface area contributed by atoms with Crippen LogP contribution in [0.3, 0.4) is 0 Å². The molecule has 2 heterocycles. The van der Waals surface area contributed by atoms with Crippen LogP contribution >= 0.6 is 0 Å². The predicted octanol–water partition coefficient (Wildman–Crippen LogP) is 2.41. The maximum Gasteiger partial charge on any atom is 0.435 e. The number of carbonyl (C=O) groups is 1. The Morgan fingerprint density at radius 2 is 2.14 bits per heavy atom. The fourth-order valence-electron chi connectivity index (χ4n) is 1.99. The van der Waals surface area contributed by atoms with Crippen LogP contribution in [0.5, 0.6) is 0 Å². The molecule has 0 aliphatic carbocycles. The number of amides is 1. The van der Waals surface area contributed by atoms with E-state index in [0.717, 1.165) is 5.01 Å². The molecular formula is C14H11FN4O2. The lowest BCUT2D eigenvalue weighted by Crippen LogP contribution is -2.31. The summed E-state index contributed by atoms with van der Waals surface area (Å²) in [6, 6.07) is 7.58. The quantitative estimate of drug-likeness (QED) is 0.919. The van der Waals surface area contributed by atoms with Gasteiger partial charge in [-0.1, -0.05) is 0 Å². The third-order valence-electron chi connectivity index (χ3n) is 2.94. The first-order chi connectivity index (χ1) is 10.1. The molecule has 0 spiro atoms. The van der Waals surface area contributed by atoms with E-state index >= 15 is 0 Å². The van der Waals surface area contributed by atoms with Crippen LogP contribution in [-0.2, 0) is 4.74 Å². The van der Waals surface area contributed by atoms with Gasteiger partial charge in [0.2, 0.25) is 0 Å². The lowest BCUT2D eigenvalue weighted by Gasteiger charge is -2.20. The van der Waals surface area contributed by atoms with Gasteiger partial charge in [0, 0.05) is 17.8 Å². The van der Waals surface area contributed by atoms with Crippen LogP contribution < -0.4 is 10.7 Å². The minimum absolute atomic E-state index is 0.117. The molecule has 0 bridgehead atoms. The zero-order valence-corrected chi connectivity index (χ0v) is 10.9. The van der Waals surface area contributed by atoms with E-state index < -0.39 is 11.9 Å². The molecule has 7 heteroatoms. The molecule has 0 atom stereocenters. The number of hydrazone groups is 1. The van der Waals surface area contributed by atoms with Crippen molar-refractivity contribution in [1.82, 2.24) is 4.98 Å². The molecule has 1 aromatic carbocycles. The van der Waals surface area contributed by atoms with Crippen molar-refractivity contribution in [3.63, 3.8) is 0 Å². The van der Waals surface area contributed by atoms with Gasteiger partial charge in [0.1, 0.15) is 18.2 Å². The van der Waals surface area contributed by atoms with Crippen LogP contribution in [0.4, 0.5) is 20.7 Å². The van der Waals surface area contributed by atoms with Gasteiger partial charge in [-0.25, -0.2) is 14.2 Å². The number of pyridine rings is 1. The highest BCUT2D eigenvalue weighted by Gasteiger charge is 2.20. The summed E-state index contributed by atoms with van der Waals surface area (Å²) < 4.78 is 19.1. The van der Waals surface area contributed by atoms with Crippen molar-refractivity contribution in [2.45, 2.75) is 0 Å². The Bertz CT molecular complexity index is 733. The number of carbonyl (C=O) groups excluding carboxylic acids is 1. The summed E-state index contributed by atoms with van der Waals surface area (Å²) in [5.41, 5.74) is 6.85. The van der Waals surface area contributed by atoms with Gasteiger partial charge in [0.05, 0.1) is 11.9 Å². The number of nitrogens with zero attached hydrogens (tertiary/aromatic N) is 3. The first-order valence-corrected chi connectivity index (χ1v) is 6.16. The molecule has 2 aromatic rings. The van der Waals surface area contributed by atoms with Gasteiger partial charge in [-0.2, -0.15) is 10.1 Å². The van der Waals surface area contributed by atoms with E-state index in [0.29, 0.717) is 22.6 Å². The van der Waals surface area contributed by atoms with E-state index in [1.165, 1.54) is 18.5 Å².